The van der Waals surface area contributed by atoms with Crippen molar-refractivity contribution in [2.24, 2.45) is 0 Å². The maximum Gasteiger partial charge on any atom is 0.355 e. The van der Waals surface area contributed by atoms with Crippen LogP contribution in [0.2, 0.25) is 0 Å². The normalized spacial score (nSPS) is 13.7. The number of rotatable bonds is 30. The van der Waals surface area contributed by atoms with Gasteiger partial charge in [0.2, 0.25) is 5.91 Å². The predicted molar refractivity (Wildman–Crippen MR) is 287 cm³/mol. The number of nitrogens with zero attached hydrogens (tertiary/aromatic N) is 1. The molecule has 4 aromatic rings. The zero-order valence-electron chi connectivity index (χ0n) is 47.6. The summed E-state index contributed by atoms with van der Waals surface area (Å²) in [4.78, 5) is 158. The van der Waals surface area contributed by atoms with Crippen LogP contribution in [-0.2, 0) is 150 Å². The molecule has 3 aromatic heterocycles. The molecule has 0 radical (unpaired) electrons. The number of H-pyrrole nitrogens is 3. The van der Waals surface area contributed by atoms with Gasteiger partial charge in [0.05, 0.1) is 93.8 Å². The van der Waals surface area contributed by atoms with Crippen LogP contribution in [0, 0.1) is 0 Å². The highest BCUT2D eigenvalue weighted by molar-refractivity contribution is 5.92. The number of aromatic nitrogens is 3. The van der Waals surface area contributed by atoms with Crippen LogP contribution in [0.15, 0.2) is 41.5 Å². The third-order valence-electron chi connectivity index (χ3n) is 14.6. The summed E-state index contributed by atoms with van der Waals surface area (Å²) in [7, 11) is 9.50. The van der Waals surface area contributed by atoms with Crippen molar-refractivity contribution in [1.29, 1.82) is 0 Å². The van der Waals surface area contributed by atoms with Crippen LogP contribution in [0.1, 0.15) is 128 Å². The molecule has 0 saturated carbocycles. The maximum atomic E-state index is 14.6. The number of carbonyl (C=O) groups excluding carboxylic acids is 11. The monoisotopic (exact) mass is 1140 g/mol. The number of aldehydes is 1. The lowest BCUT2D eigenvalue weighted by molar-refractivity contribution is -0.141. The number of carbonyl (C=O) groups is 11. The Morgan fingerprint density at radius 2 is 0.927 bits per heavy atom. The van der Waals surface area contributed by atoms with E-state index in [1.54, 1.807) is 30.3 Å². The number of hydrogen-bond donors (Lipinski definition) is 3. The van der Waals surface area contributed by atoms with Gasteiger partial charge in [0.1, 0.15) is 12.3 Å². The van der Waals surface area contributed by atoms with Crippen LogP contribution < -0.4 is 0 Å². The standard InChI is InChI=1S/C58H70N4O20/c1-33(64)62-30-35(15-19-48(65)74-2)42(26-55(72)81-9)58(62,28-45-38(18-22-51(68)77-5)41(25-54(71)80-8)56(61-45)57(73)82-32-34-13-11-10-12-14-34)29-46-40(24-53(70)79-7)36(16-20-49(66)75-3)43(59-46)27-44-39(23-52(69)78-6)37(47(31-63)60-44)17-21-50(67)76-4/h10-14,31,59-61H,15-30,32H2,1-9H3. The van der Waals surface area contributed by atoms with Gasteiger partial charge in [-0.1, -0.05) is 30.3 Å². The van der Waals surface area contributed by atoms with Gasteiger partial charge in [-0.15, -0.1) is 0 Å². The minimum absolute atomic E-state index is 0.0203. The Kier molecular flexibility index (Phi) is 23.5. The van der Waals surface area contributed by atoms with Crippen molar-refractivity contribution < 1.29 is 95.4 Å². The second kappa shape index (κ2) is 30.1. The van der Waals surface area contributed by atoms with Gasteiger partial charge in [0, 0.05) is 81.2 Å². The van der Waals surface area contributed by atoms with Crippen molar-refractivity contribution in [3.05, 3.63) is 115 Å². The SMILES string of the molecule is COC(=O)CCC1=C(CC(=O)OC)C(Cc2[nH]c(Cc3[nH]c(C=O)c(CCC(=O)OC)c3CC(=O)OC)c(CCC(=O)OC)c2CC(=O)OC)(Cc2[nH]c(C(=O)OCc3ccccc3)c(CC(=O)OC)c2CCC(=O)OC)N(C(C)=O)C1. The fourth-order valence-corrected chi connectivity index (χ4v) is 10.5. The van der Waals surface area contributed by atoms with E-state index in [1.165, 1.54) is 61.6 Å². The van der Waals surface area contributed by atoms with Crippen LogP contribution in [-0.4, -0.2) is 155 Å². The van der Waals surface area contributed by atoms with Gasteiger partial charge in [-0.2, -0.15) is 0 Å². The van der Waals surface area contributed by atoms with Gasteiger partial charge in [-0.3, -0.25) is 47.9 Å². The zero-order chi connectivity index (χ0) is 60.3. The molecular formula is C58H70N4O20. The van der Waals surface area contributed by atoms with Crippen molar-refractivity contribution in [3.63, 3.8) is 0 Å². The third kappa shape index (κ3) is 16.0. The van der Waals surface area contributed by atoms with E-state index in [0.29, 0.717) is 51.1 Å². The average molecular weight is 1140 g/mol. The number of esters is 9. The minimum atomic E-state index is -1.76. The molecule has 1 aliphatic rings. The van der Waals surface area contributed by atoms with Gasteiger partial charge in [-0.05, 0) is 75.8 Å². The number of methoxy groups -OCH3 is 8. The second-order valence-electron chi connectivity index (χ2n) is 19.2. The van der Waals surface area contributed by atoms with E-state index in [1.807, 2.05) is 0 Å². The summed E-state index contributed by atoms with van der Waals surface area (Å²) in [5.41, 5.74) is 2.31. The lowest BCUT2D eigenvalue weighted by Crippen LogP contribution is -2.53. The van der Waals surface area contributed by atoms with Crippen molar-refractivity contribution in [2.75, 3.05) is 63.4 Å². The van der Waals surface area contributed by atoms with Gasteiger partial charge in [0.15, 0.2) is 6.29 Å². The molecule has 0 saturated heterocycles. The average Bonchev–Trinajstić information content (AvgIpc) is 2.27. The minimum Gasteiger partial charge on any atom is -0.469 e. The highest BCUT2D eigenvalue weighted by atomic mass is 16.6. The summed E-state index contributed by atoms with van der Waals surface area (Å²) in [5.74, 6) is -6.85. The summed E-state index contributed by atoms with van der Waals surface area (Å²) in [6.07, 6.45) is -3.16. The molecule has 5 rings (SSSR count). The van der Waals surface area contributed by atoms with Crippen LogP contribution in [0.5, 0.6) is 0 Å². The van der Waals surface area contributed by atoms with E-state index >= 15 is 0 Å². The number of hydrogen-bond acceptors (Lipinski definition) is 20. The molecule has 0 bridgehead atoms. The Labute approximate surface area is 473 Å². The fraction of sp³-hybridized carbons (Fsp3) is 0.466. The molecule has 24 nitrogen and oxygen atoms in total. The van der Waals surface area contributed by atoms with E-state index in [9.17, 15) is 52.7 Å². The van der Waals surface area contributed by atoms with E-state index in [2.05, 4.69) is 15.0 Å². The highest BCUT2D eigenvalue weighted by Crippen LogP contribution is 2.46. The summed E-state index contributed by atoms with van der Waals surface area (Å²) in [5, 5.41) is 0. The third-order valence-corrected chi connectivity index (χ3v) is 14.6. The fourth-order valence-electron chi connectivity index (χ4n) is 10.5. The molecular weight excluding hydrogens is 1070 g/mol. The lowest BCUT2D eigenvalue weighted by Gasteiger charge is -2.41. The number of aromatic amines is 3. The van der Waals surface area contributed by atoms with E-state index in [-0.39, 0.29) is 130 Å². The molecule has 4 heterocycles. The first-order valence-corrected chi connectivity index (χ1v) is 26.1. The Bertz CT molecular complexity index is 3070. The van der Waals surface area contributed by atoms with Gasteiger partial charge in [0.25, 0.3) is 0 Å². The number of nitrogens with one attached hydrogen (secondary N) is 3. The van der Waals surface area contributed by atoms with E-state index in [4.69, 9.17) is 42.6 Å². The molecule has 0 fully saturated rings. The Balaban J connectivity index is 1.93. The van der Waals surface area contributed by atoms with Gasteiger partial charge < -0.3 is 62.5 Å². The molecule has 82 heavy (non-hydrogen) atoms. The Hall–Kier alpha value is -8.83. The van der Waals surface area contributed by atoms with Crippen LogP contribution in [0.3, 0.4) is 0 Å². The molecule has 3 N–H and O–H groups in total. The molecule has 1 aliphatic heterocycles. The number of amides is 1. The molecule has 1 atom stereocenters. The van der Waals surface area contributed by atoms with Crippen LogP contribution in [0.25, 0.3) is 0 Å². The largest absolute Gasteiger partial charge is 0.469 e. The van der Waals surface area contributed by atoms with Crippen molar-refractivity contribution >= 4 is 65.9 Å². The maximum absolute atomic E-state index is 14.6. The van der Waals surface area contributed by atoms with E-state index in [0.717, 1.165) is 7.11 Å². The number of ether oxygens (including phenoxy) is 9. The summed E-state index contributed by atoms with van der Waals surface area (Å²) < 4.78 is 46.4. The Morgan fingerprint density at radius 1 is 0.500 bits per heavy atom. The number of benzene rings is 1. The smallest absolute Gasteiger partial charge is 0.355 e. The first kappa shape index (κ1) is 64.0. The molecule has 1 amide bonds. The molecule has 442 valence electrons. The molecule has 0 aliphatic carbocycles. The molecule has 1 aromatic carbocycles. The first-order valence-electron chi connectivity index (χ1n) is 26.1. The Morgan fingerprint density at radius 3 is 1.41 bits per heavy atom. The first-order chi connectivity index (χ1) is 39.2. The van der Waals surface area contributed by atoms with Crippen molar-refractivity contribution in [2.45, 2.75) is 115 Å². The lowest BCUT2D eigenvalue weighted by atomic mass is 9.76. The summed E-state index contributed by atoms with van der Waals surface area (Å²) in [6.45, 7) is 0.938. The van der Waals surface area contributed by atoms with Crippen molar-refractivity contribution in [1.82, 2.24) is 19.9 Å². The second-order valence-corrected chi connectivity index (χ2v) is 19.2. The quantitative estimate of drug-likeness (QED) is 0.0286. The topological polar surface area (TPSA) is 321 Å². The molecule has 1 unspecified atom stereocenters. The van der Waals surface area contributed by atoms with E-state index < -0.39 is 84.4 Å². The summed E-state index contributed by atoms with van der Waals surface area (Å²) >= 11 is 0. The van der Waals surface area contributed by atoms with Gasteiger partial charge in [-0.25, -0.2) is 4.79 Å². The molecule has 0 spiro atoms. The predicted octanol–water partition coefficient (Wildman–Crippen LogP) is 4.09. The van der Waals surface area contributed by atoms with Gasteiger partial charge >= 0.3 is 53.7 Å². The summed E-state index contributed by atoms with van der Waals surface area (Å²) in [6, 6.07) is 8.79. The van der Waals surface area contributed by atoms with Crippen molar-refractivity contribution in [3.8, 4) is 0 Å². The zero-order valence-corrected chi connectivity index (χ0v) is 47.6. The van der Waals surface area contributed by atoms with Crippen LogP contribution >= 0.6 is 0 Å². The molecule has 24 heteroatoms. The highest BCUT2D eigenvalue weighted by Gasteiger charge is 2.51. The van der Waals surface area contributed by atoms with Crippen LogP contribution in [0.4, 0.5) is 0 Å².